The maximum absolute atomic E-state index is 14.9. The van der Waals surface area contributed by atoms with Crippen molar-refractivity contribution in [2.75, 3.05) is 49.9 Å². The van der Waals surface area contributed by atoms with Crippen LogP contribution >= 0.6 is 15.6 Å². The molecule has 38 nitrogen and oxygen atoms in total. The van der Waals surface area contributed by atoms with Gasteiger partial charge in [0, 0.05) is 82.4 Å². The van der Waals surface area contributed by atoms with Crippen LogP contribution in [0.1, 0.15) is 122 Å². The summed E-state index contributed by atoms with van der Waals surface area (Å²) in [5, 5.41) is 20.9. The summed E-state index contributed by atoms with van der Waals surface area (Å²) in [6.45, 7) is 10.4. The lowest BCUT2D eigenvalue weighted by molar-refractivity contribution is -0.163. The van der Waals surface area contributed by atoms with E-state index in [1.165, 1.54) is 47.3 Å². The Morgan fingerprint density at radius 1 is 0.463 bits per heavy atom. The molecule has 0 unspecified atom stereocenters. The van der Waals surface area contributed by atoms with Gasteiger partial charge in [0.25, 0.3) is 0 Å². The van der Waals surface area contributed by atoms with Gasteiger partial charge in [0.2, 0.25) is 59.1 Å². The van der Waals surface area contributed by atoms with E-state index in [1.54, 1.807) is 91.9 Å². The largest absolute Gasteiger partial charge is 0.469 e. The SMILES string of the molecule is C[C@@H]1C[C@H]2C(=O)O[C@@H](C)[C@H](NC(=O)[C@H](Cc3ccccc3)NC(=O)Nc3ccccc3)C(=O)N3C[C@H](OP(=O)(O)O)C[C@H]3C(=O)N3CCCC[C@H]3C(=O)N[C@@H](C)C(=O)N2C1.Cc1ccc(NC(=O)N[C@@H](Cc2cc(F)cc(F)c2)C(=O)N[C@@H]2C(=O)N3C[C@@H](OP(=O)(O)O)C[C@H]3C(=O)N3CCCC[C@H]3C(=O)N[C@@H](C)C(=O)N3C[C@H](C)C[C@H]3C(=O)O[C@H]2C)cc1. The summed E-state index contributed by atoms with van der Waals surface area (Å²) in [6.07, 6.45) is -4.33. The minimum absolute atomic E-state index is 0.0411. The normalized spacial score (nSPS) is 28.1. The molecule has 12 rings (SSSR count). The van der Waals surface area contributed by atoms with E-state index < -0.39 is 233 Å². The third kappa shape index (κ3) is 23.9. The van der Waals surface area contributed by atoms with Crippen molar-refractivity contribution in [1.82, 2.24) is 61.3 Å². The average molecular weight is 1760 g/mol. The number of esters is 2. The molecular weight excluding hydrogens is 1650 g/mol. The molecule has 8 heterocycles. The van der Waals surface area contributed by atoms with Crippen molar-refractivity contribution >= 4 is 110 Å². The average Bonchev–Trinajstić information content (AvgIpc) is 1.67. The van der Waals surface area contributed by atoms with Crippen molar-refractivity contribution < 1.29 is 123 Å². The van der Waals surface area contributed by atoms with Crippen molar-refractivity contribution in [2.45, 2.75) is 222 Å². The van der Waals surface area contributed by atoms with Gasteiger partial charge in [-0.15, -0.1) is 0 Å². The summed E-state index contributed by atoms with van der Waals surface area (Å²) in [4.78, 5) is 244. The zero-order valence-electron chi connectivity index (χ0n) is 68.7. The van der Waals surface area contributed by atoms with Gasteiger partial charge in [-0.2, -0.15) is 0 Å². The van der Waals surface area contributed by atoms with Gasteiger partial charge in [-0.25, -0.2) is 37.1 Å². The second kappa shape index (κ2) is 40.2. The zero-order valence-corrected chi connectivity index (χ0v) is 70.5. The third-order valence-corrected chi connectivity index (χ3v) is 24.0. The van der Waals surface area contributed by atoms with Gasteiger partial charge in [-0.05, 0) is 145 Å². The highest BCUT2D eigenvalue weighted by atomic mass is 31.2. The highest BCUT2D eigenvalue weighted by Gasteiger charge is 2.54. The Morgan fingerprint density at radius 2 is 0.846 bits per heavy atom. The van der Waals surface area contributed by atoms with Gasteiger partial charge in [0.1, 0.15) is 96.3 Å². The number of halogens is 2. The summed E-state index contributed by atoms with van der Waals surface area (Å²) in [7, 11) is -10.3. The molecule has 14 amide bonds. The number of ether oxygens (including phenoxy) is 2. The monoisotopic (exact) mass is 1760 g/mol. The van der Waals surface area contributed by atoms with E-state index in [9.17, 15) is 105 Å². The molecule has 4 aromatic carbocycles. The standard InChI is InChI=1S/C41H52F2N7O12P.C40H52N7O12P/c1-21-8-10-28(11-9-21)45-41(57)46-30(16-25-14-26(42)17-27(43)15-25)35(51)47-34-24(4)61-40(56)33-13-22(2)19-49(33)37(53)23(3)44-36(52)31-7-5-6-12-48(31)38(54)32-18-29(62-63(58,59)60)20-50(32)39(34)55;1-23-18-32-39(53)58-25(3)33(44-34(48)29(19-26-12-6-4-7-13-26)43-40(54)42-27-14-8-5-9-15-27)38(52)47-22-28(59-60(55,56)57)20-31(47)37(51)45-17-11-10-16-30(45)35(49)41-24(2)36(50)46(32)21-23/h8-11,14-15,17,22-24,29-34H,5-7,12-13,16,18-20H2,1-4H3,(H,44,52)(H,47,51)(H2,45,46,57)(H2,58,59,60);4-9,12-15,23-25,28-33H,10-11,16-22H2,1-3H3,(H,41,49)(H,44,48)(H2,42,43,54)(H2,55,56,57)/t22-,23+,24+,29+,30+,31+,32+,33+,34+;23-,24+,25+,28-,29+,30+,31+,32+,33+/m11/s1. The molecule has 4 aromatic rings. The minimum atomic E-state index is -5.20. The van der Waals surface area contributed by atoms with Crippen LogP contribution in [0.3, 0.4) is 0 Å². The van der Waals surface area contributed by atoms with Crippen LogP contribution < -0.4 is 42.5 Å². The fourth-order valence-corrected chi connectivity index (χ4v) is 18.1. The Morgan fingerprint density at radius 3 is 1.25 bits per heavy atom. The third-order valence-electron chi connectivity index (χ3n) is 22.9. The van der Waals surface area contributed by atoms with Crippen molar-refractivity contribution in [2.24, 2.45) is 11.8 Å². The molecule has 0 aromatic heterocycles. The summed E-state index contributed by atoms with van der Waals surface area (Å²) in [5.41, 5.74) is 2.24. The van der Waals surface area contributed by atoms with E-state index in [1.807, 2.05) is 13.8 Å². The molecule has 666 valence electrons. The molecule has 42 heteroatoms. The van der Waals surface area contributed by atoms with Crippen LogP contribution in [0.2, 0.25) is 0 Å². The van der Waals surface area contributed by atoms with Crippen LogP contribution in [0, 0.1) is 30.4 Å². The fraction of sp³-hybridized carbons (Fsp3) is 0.531. The van der Waals surface area contributed by atoms with Crippen LogP contribution in [0.15, 0.2) is 103 Å². The molecule has 12 N–H and O–H groups in total. The second-order valence-electron chi connectivity index (χ2n) is 32.6. The Balaban J connectivity index is 0.000000240. The number of rotatable bonds is 16. The number of cyclic esters (lactones) is 2. The number of hydrogen-bond donors (Lipinski definition) is 12. The maximum atomic E-state index is 14.9. The minimum Gasteiger partial charge on any atom is -0.458 e. The predicted octanol–water partition coefficient (Wildman–Crippen LogP) is 2.69. The Kier molecular flexibility index (Phi) is 30.3. The summed E-state index contributed by atoms with van der Waals surface area (Å²) < 4.78 is 74.6. The fourth-order valence-electron chi connectivity index (χ4n) is 17.0. The number of aryl methyl sites for hydroxylation is 1. The number of amides is 14. The number of benzene rings is 4. The molecule has 0 saturated carbocycles. The topological polar surface area (TPSA) is 507 Å². The Labute approximate surface area is 707 Å². The number of urea groups is 2. The number of carbonyl (C=O) groups excluding carboxylic acids is 14. The lowest BCUT2D eigenvalue weighted by Gasteiger charge is -2.39. The maximum Gasteiger partial charge on any atom is 0.469 e. The number of piperidine rings is 2. The van der Waals surface area contributed by atoms with Crippen LogP contribution in [0.4, 0.5) is 29.7 Å². The van der Waals surface area contributed by atoms with Crippen LogP contribution in [0.25, 0.3) is 0 Å². The first-order chi connectivity index (χ1) is 58.1. The number of para-hydroxylation sites is 1. The predicted molar refractivity (Wildman–Crippen MR) is 431 cm³/mol. The first kappa shape index (κ1) is 92.9. The molecule has 0 spiro atoms. The zero-order chi connectivity index (χ0) is 89.2. The van der Waals surface area contributed by atoms with Crippen molar-refractivity contribution in [3.63, 3.8) is 0 Å². The first-order valence-corrected chi connectivity index (χ1v) is 43.9. The van der Waals surface area contributed by atoms with E-state index in [2.05, 4.69) is 42.5 Å². The van der Waals surface area contributed by atoms with Crippen LogP contribution in [0.5, 0.6) is 0 Å². The van der Waals surface area contributed by atoms with Crippen LogP contribution in [-0.2, 0) is 98.0 Å². The van der Waals surface area contributed by atoms with Crippen molar-refractivity contribution in [3.05, 3.63) is 131 Å². The number of nitrogens with zero attached hydrogens (tertiary/aromatic N) is 6. The Bertz CT molecular complexity index is 4710. The van der Waals surface area contributed by atoms with Gasteiger partial charge in [0.05, 0.1) is 12.2 Å². The molecule has 123 heavy (non-hydrogen) atoms. The van der Waals surface area contributed by atoms with Gasteiger partial charge in [0.15, 0.2) is 0 Å². The number of hydrogen-bond acceptors (Lipinski definition) is 20. The summed E-state index contributed by atoms with van der Waals surface area (Å²) >= 11 is 0. The summed E-state index contributed by atoms with van der Waals surface area (Å²) in [5.74, 6) is -12.1. The number of fused-ring (bicyclic) bond motifs is 6. The molecule has 8 saturated heterocycles. The Hall–Kier alpha value is -10.9. The molecule has 18 atom stereocenters. The van der Waals surface area contributed by atoms with Gasteiger partial charge >= 0.3 is 39.6 Å². The van der Waals surface area contributed by atoms with E-state index in [0.29, 0.717) is 48.7 Å². The highest BCUT2D eigenvalue weighted by molar-refractivity contribution is 7.46. The van der Waals surface area contributed by atoms with Gasteiger partial charge in [-0.1, -0.05) is 80.1 Å². The molecule has 8 aliphatic heterocycles. The lowest BCUT2D eigenvalue weighted by atomic mass is 9.98. The van der Waals surface area contributed by atoms with E-state index in [0.717, 1.165) is 27.5 Å². The summed E-state index contributed by atoms with van der Waals surface area (Å²) in [6, 6.07) is 8.47. The molecule has 8 aliphatic rings. The van der Waals surface area contributed by atoms with Crippen molar-refractivity contribution in [1.29, 1.82) is 0 Å². The molecule has 8 fully saturated rings. The van der Waals surface area contributed by atoms with Gasteiger partial charge in [-0.3, -0.25) is 57.0 Å². The highest BCUT2D eigenvalue weighted by Crippen LogP contribution is 2.43. The number of nitrogens with one attached hydrogen (secondary N) is 8. The van der Waals surface area contributed by atoms with Crippen molar-refractivity contribution in [3.8, 4) is 0 Å². The number of phosphoric ester groups is 2. The van der Waals surface area contributed by atoms with E-state index >= 15 is 0 Å². The van der Waals surface area contributed by atoms with Crippen LogP contribution in [-0.4, -0.2) is 268 Å². The van der Waals surface area contributed by atoms with E-state index in [4.69, 9.17) is 18.5 Å². The first-order valence-electron chi connectivity index (χ1n) is 40.8. The van der Waals surface area contributed by atoms with E-state index in [-0.39, 0.29) is 82.1 Å². The number of anilines is 2. The second-order valence-corrected chi connectivity index (χ2v) is 35.0. The molecule has 0 bridgehead atoms. The smallest absolute Gasteiger partial charge is 0.458 e. The molecular formula is C81H104F2N14O24P2. The molecule has 0 radical (unpaired) electrons. The lowest BCUT2D eigenvalue weighted by Crippen LogP contribution is -2.63. The number of phosphoric acid groups is 2. The van der Waals surface area contributed by atoms with Gasteiger partial charge < -0.3 is 101 Å². The quantitative estimate of drug-likeness (QED) is 0.0567. The molecule has 0 aliphatic carbocycles. The number of carbonyl (C=O) groups is 14.